The SMILES string of the molecule is CC(C)[C@H](N)C(=O)OCn1nnnc1-c1cc2ccc(C(=O)Nc3ccc(OC(F)(F)F)c(Br)c3)cc2o1.Cl. The molecule has 0 aliphatic carbocycles. The highest BCUT2D eigenvalue weighted by atomic mass is 79.9. The molecule has 0 radical (unpaired) electrons. The molecule has 0 unspecified atom stereocenters. The van der Waals surface area contributed by atoms with Crippen LogP contribution in [0.5, 0.6) is 5.75 Å². The molecule has 2 aromatic heterocycles. The second-order valence-corrected chi connectivity index (χ2v) is 9.23. The second kappa shape index (κ2) is 12.0. The van der Waals surface area contributed by atoms with Crippen LogP contribution in [0.2, 0.25) is 0 Å². The lowest BCUT2D eigenvalue weighted by Crippen LogP contribution is -2.37. The van der Waals surface area contributed by atoms with Gasteiger partial charge in [-0.05, 0) is 68.7 Å². The van der Waals surface area contributed by atoms with Crippen molar-refractivity contribution in [2.45, 2.75) is 33.0 Å². The van der Waals surface area contributed by atoms with Gasteiger partial charge in [0, 0.05) is 16.6 Å². The fraction of sp³-hybridized carbons (Fsp3) is 0.261. The smallest absolute Gasteiger partial charge is 0.453 e. The topological polar surface area (TPSA) is 147 Å². The van der Waals surface area contributed by atoms with Crippen LogP contribution in [-0.2, 0) is 16.3 Å². The maximum Gasteiger partial charge on any atom is 0.573 e. The molecule has 0 fully saturated rings. The number of anilines is 1. The Morgan fingerprint density at radius 2 is 1.92 bits per heavy atom. The summed E-state index contributed by atoms with van der Waals surface area (Å²) >= 11 is 2.99. The second-order valence-electron chi connectivity index (χ2n) is 8.37. The summed E-state index contributed by atoms with van der Waals surface area (Å²) in [5.41, 5.74) is 6.59. The highest BCUT2D eigenvalue weighted by Crippen LogP contribution is 2.33. The first kappa shape index (κ1) is 29.9. The first-order chi connectivity index (χ1) is 17.9. The zero-order chi connectivity index (χ0) is 27.6. The number of furan rings is 1. The van der Waals surface area contributed by atoms with E-state index >= 15 is 0 Å². The van der Waals surface area contributed by atoms with Gasteiger partial charge in [0.25, 0.3) is 5.91 Å². The van der Waals surface area contributed by atoms with Gasteiger partial charge in [0.05, 0.1) is 4.47 Å². The van der Waals surface area contributed by atoms with Gasteiger partial charge in [-0.1, -0.05) is 19.9 Å². The van der Waals surface area contributed by atoms with Crippen molar-refractivity contribution in [3.05, 3.63) is 52.5 Å². The van der Waals surface area contributed by atoms with Gasteiger partial charge in [-0.3, -0.25) is 9.59 Å². The number of carbonyl (C=O) groups is 2. The van der Waals surface area contributed by atoms with Crippen molar-refractivity contribution in [1.82, 2.24) is 20.2 Å². The first-order valence-corrected chi connectivity index (χ1v) is 11.8. The van der Waals surface area contributed by atoms with E-state index in [2.05, 4.69) is 41.5 Å². The molecule has 2 aromatic carbocycles. The third-order valence-corrected chi connectivity index (χ3v) is 5.89. The minimum atomic E-state index is -4.85. The average molecular weight is 634 g/mol. The third kappa shape index (κ3) is 7.25. The summed E-state index contributed by atoms with van der Waals surface area (Å²) in [4.78, 5) is 24.8. The van der Waals surface area contributed by atoms with Crippen LogP contribution in [0.3, 0.4) is 0 Å². The van der Waals surface area contributed by atoms with E-state index in [1.165, 1.54) is 22.9 Å². The molecule has 1 amide bonds. The van der Waals surface area contributed by atoms with Gasteiger partial charge in [0.15, 0.2) is 12.5 Å². The van der Waals surface area contributed by atoms with Crippen LogP contribution >= 0.6 is 28.3 Å². The Balaban J connectivity index is 0.00000420. The Morgan fingerprint density at radius 3 is 2.59 bits per heavy atom. The number of rotatable bonds is 8. The largest absolute Gasteiger partial charge is 0.573 e. The van der Waals surface area contributed by atoms with Crippen molar-refractivity contribution in [3.8, 4) is 17.3 Å². The number of amides is 1. The number of esters is 1. The Hall–Kier alpha value is -3.69. The van der Waals surface area contributed by atoms with Gasteiger partial charge < -0.3 is 24.9 Å². The highest BCUT2D eigenvalue weighted by Gasteiger charge is 2.32. The van der Waals surface area contributed by atoms with Crippen LogP contribution in [-0.4, -0.2) is 44.5 Å². The summed E-state index contributed by atoms with van der Waals surface area (Å²) in [7, 11) is 0. The van der Waals surface area contributed by atoms with Crippen molar-refractivity contribution in [1.29, 1.82) is 0 Å². The summed E-state index contributed by atoms with van der Waals surface area (Å²) < 4.78 is 53.5. The molecule has 0 spiro atoms. The minimum Gasteiger partial charge on any atom is -0.453 e. The number of benzene rings is 2. The predicted molar refractivity (Wildman–Crippen MR) is 138 cm³/mol. The van der Waals surface area contributed by atoms with Crippen molar-refractivity contribution in [2.75, 3.05) is 5.32 Å². The highest BCUT2D eigenvalue weighted by molar-refractivity contribution is 9.10. The zero-order valence-corrected chi connectivity index (χ0v) is 22.6. The molecule has 11 nitrogen and oxygen atoms in total. The minimum absolute atomic E-state index is 0. The van der Waals surface area contributed by atoms with Gasteiger partial charge in [0.2, 0.25) is 5.82 Å². The molecule has 208 valence electrons. The molecule has 4 aromatic rings. The summed E-state index contributed by atoms with van der Waals surface area (Å²) in [5.74, 6) is -1.24. The number of hydrogen-bond donors (Lipinski definition) is 2. The van der Waals surface area contributed by atoms with E-state index in [0.717, 1.165) is 6.07 Å². The number of carbonyl (C=O) groups excluding carboxylic acids is 2. The first-order valence-electron chi connectivity index (χ1n) is 11.0. The Kier molecular flexibility index (Phi) is 9.19. The maximum absolute atomic E-state index is 12.7. The number of hydrogen-bond acceptors (Lipinski definition) is 9. The van der Waals surface area contributed by atoms with Crippen molar-refractivity contribution in [3.63, 3.8) is 0 Å². The normalized spacial score (nSPS) is 12.2. The van der Waals surface area contributed by atoms with Crippen molar-refractivity contribution >= 4 is 56.9 Å². The Labute approximate surface area is 233 Å². The number of aromatic nitrogens is 4. The molecular weight excluding hydrogens is 613 g/mol. The molecule has 39 heavy (non-hydrogen) atoms. The van der Waals surface area contributed by atoms with Gasteiger partial charge in [-0.2, -0.15) is 4.68 Å². The van der Waals surface area contributed by atoms with E-state index in [4.69, 9.17) is 14.9 Å². The molecule has 0 saturated heterocycles. The summed E-state index contributed by atoms with van der Waals surface area (Å²) in [6.45, 7) is 3.30. The van der Waals surface area contributed by atoms with Gasteiger partial charge in [-0.15, -0.1) is 30.7 Å². The molecular formula is C23H21BrClF3N6O5. The molecule has 1 atom stereocenters. The Bertz CT molecular complexity index is 1490. The van der Waals surface area contributed by atoms with Gasteiger partial charge >= 0.3 is 12.3 Å². The number of nitrogens with one attached hydrogen (secondary N) is 1. The fourth-order valence-electron chi connectivity index (χ4n) is 3.23. The number of nitrogens with two attached hydrogens (primary N) is 1. The molecule has 4 rings (SSSR count). The van der Waals surface area contributed by atoms with Crippen LogP contribution in [0.4, 0.5) is 18.9 Å². The standard InChI is InChI=1S/C23H20BrF3N6O5.ClH/c1-11(2)19(28)22(35)36-10-33-20(30-31-32-33)18-7-12-3-4-13(8-17(12)37-18)21(34)29-14-5-6-16(15(24)9-14)38-23(25,26)27;/h3-9,11,19H,10,28H2,1-2H3,(H,29,34);1H/t19-;/m0./s1. The fourth-order valence-corrected chi connectivity index (χ4v) is 3.69. The van der Waals surface area contributed by atoms with Gasteiger partial charge in [-0.25, -0.2) is 0 Å². The number of halogens is 5. The maximum atomic E-state index is 12.7. The number of nitrogens with zero attached hydrogens (tertiary/aromatic N) is 4. The molecule has 3 N–H and O–H groups in total. The van der Waals surface area contributed by atoms with E-state index in [0.29, 0.717) is 11.0 Å². The molecule has 0 aliphatic rings. The monoisotopic (exact) mass is 632 g/mol. The van der Waals surface area contributed by atoms with E-state index in [-0.39, 0.29) is 52.4 Å². The van der Waals surface area contributed by atoms with Gasteiger partial charge in [0.1, 0.15) is 17.4 Å². The number of alkyl halides is 3. The lowest BCUT2D eigenvalue weighted by atomic mass is 10.1. The van der Waals surface area contributed by atoms with E-state index in [9.17, 15) is 22.8 Å². The average Bonchev–Trinajstić information content (AvgIpc) is 3.48. The van der Waals surface area contributed by atoms with Crippen LogP contribution in [0.15, 0.2) is 51.4 Å². The lowest BCUT2D eigenvalue weighted by molar-refractivity contribution is -0.274. The van der Waals surface area contributed by atoms with Crippen molar-refractivity contribution < 1.29 is 36.7 Å². The third-order valence-electron chi connectivity index (χ3n) is 5.27. The van der Waals surface area contributed by atoms with Crippen LogP contribution < -0.4 is 15.8 Å². The number of ether oxygens (including phenoxy) is 2. The quantitative estimate of drug-likeness (QED) is 0.258. The summed E-state index contributed by atoms with van der Waals surface area (Å²) in [6, 6.07) is 9.16. The zero-order valence-electron chi connectivity index (χ0n) is 20.2. The van der Waals surface area contributed by atoms with Crippen LogP contribution in [0, 0.1) is 5.92 Å². The number of fused-ring (bicyclic) bond motifs is 1. The lowest BCUT2D eigenvalue weighted by Gasteiger charge is -2.14. The van der Waals surface area contributed by atoms with E-state index in [1.54, 1.807) is 32.0 Å². The predicted octanol–water partition coefficient (Wildman–Crippen LogP) is 4.91. The molecule has 0 aliphatic heterocycles. The summed E-state index contributed by atoms with van der Waals surface area (Å²) in [6.07, 6.45) is -4.85. The van der Waals surface area contributed by atoms with Crippen LogP contribution in [0.25, 0.3) is 22.6 Å². The summed E-state index contributed by atoms with van der Waals surface area (Å²) in [5, 5.41) is 14.5. The van der Waals surface area contributed by atoms with Crippen LogP contribution in [0.1, 0.15) is 24.2 Å². The van der Waals surface area contributed by atoms with Crippen molar-refractivity contribution in [2.24, 2.45) is 11.7 Å². The molecule has 0 bridgehead atoms. The molecule has 0 saturated carbocycles. The number of tetrazole rings is 1. The van der Waals surface area contributed by atoms with E-state index in [1.807, 2.05) is 0 Å². The molecule has 16 heteroatoms. The molecule has 2 heterocycles. The Morgan fingerprint density at radius 1 is 1.18 bits per heavy atom. The van der Waals surface area contributed by atoms with E-state index < -0.39 is 30.0 Å².